The second-order valence-corrected chi connectivity index (χ2v) is 4.38. The molecule has 1 aliphatic rings. The van der Waals surface area contributed by atoms with Gasteiger partial charge in [0.2, 0.25) is 5.91 Å². The number of rotatable bonds is 3. The largest absolute Gasteiger partial charge is 0.478 e. The molecule has 0 aliphatic heterocycles. The average Bonchev–Trinajstić information content (AvgIpc) is 2.78. The van der Waals surface area contributed by atoms with E-state index in [0.717, 1.165) is 12.1 Å². The van der Waals surface area contributed by atoms with E-state index in [1.165, 1.54) is 6.07 Å². The lowest BCUT2D eigenvalue weighted by Gasteiger charge is -2.11. The van der Waals surface area contributed by atoms with Crippen LogP contribution in [0, 0.1) is 11.7 Å². The molecule has 2 atom stereocenters. The predicted molar refractivity (Wildman–Crippen MR) is 67.2 cm³/mol. The molecule has 2 rings (SSSR count). The van der Waals surface area contributed by atoms with Crippen molar-refractivity contribution in [3.05, 3.63) is 41.7 Å². The molecule has 2 unspecified atom stereocenters. The molecule has 0 bridgehead atoms. The van der Waals surface area contributed by atoms with E-state index < -0.39 is 17.3 Å². The summed E-state index contributed by atoms with van der Waals surface area (Å²) in [5, 5.41) is 11.3. The van der Waals surface area contributed by atoms with Crippen LogP contribution in [-0.2, 0) is 4.79 Å². The first-order chi connectivity index (χ1) is 8.97. The van der Waals surface area contributed by atoms with Crippen LogP contribution in [0.3, 0.4) is 0 Å². The van der Waals surface area contributed by atoms with Crippen LogP contribution >= 0.6 is 0 Å². The van der Waals surface area contributed by atoms with E-state index in [2.05, 4.69) is 5.32 Å². The van der Waals surface area contributed by atoms with Gasteiger partial charge >= 0.3 is 5.97 Å². The molecule has 0 heterocycles. The maximum absolute atomic E-state index is 13.2. The highest BCUT2D eigenvalue weighted by Gasteiger charge is 2.23. The molecule has 0 spiro atoms. The highest BCUT2D eigenvalue weighted by atomic mass is 19.1. The fourth-order valence-corrected chi connectivity index (χ4v) is 1.92. The molecular weight excluding hydrogens is 251 g/mol. The average molecular weight is 264 g/mol. The number of anilines is 1. The summed E-state index contributed by atoms with van der Waals surface area (Å²) in [6, 6.07) is 3.28. The third-order valence-corrected chi connectivity index (χ3v) is 2.92. The standard InChI is InChI=1S/C13H13FN2O3/c14-11-4-3-9(6-10(11)13(18)19)16-12(17)7-1-2-8(15)5-7/h1-4,6-8H,5,15H2,(H,16,17)(H,18,19). The van der Waals surface area contributed by atoms with Gasteiger partial charge in [0, 0.05) is 11.7 Å². The minimum Gasteiger partial charge on any atom is -0.478 e. The summed E-state index contributed by atoms with van der Waals surface area (Å²) in [7, 11) is 0. The van der Waals surface area contributed by atoms with E-state index in [9.17, 15) is 14.0 Å². The molecule has 4 N–H and O–H groups in total. The Morgan fingerprint density at radius 1 is 1.37 bits per heavy atom. The molecule has 100 valence electrons. The highest BCUT2D eigenvalue weighted by molar-refractivity contribution is 5.96. The number of nitrogens with one attached hydrogen (secondary N) is 1. The van der Waals surface area contributed by atoms with Crippen LogP contribution in [0.1, 0.15) is 16.8 Å². The van der Waals surface area contributed by atoms with Crippen LogP contribution in [-0.4, -0.2) is 23.0 Å². The quantitative estimate of drug-likeness (QED) is 0.719. The molecule has 1 aromatic rings. The number of halogens is 1. The van der Waals surface area contributed by atoms with Crippen molar-refractivity contribution < 1.29 is 19.1 Å². The Morgan fingerprint density at radius 3 is 2.68 bits per heavy atom. The first-order valence-corrected chi connectivity index (χ1v) is 5.75. The van der Waals surface area contributed by atoms with Gasteiger partial charge in [-0.25, -0.2) is 9.18 Å². The first-order valence-electron chi connectivity index (χ1n) is 5.75. The fourth-order valence-electron chi connectivity index (χ4n) is 1.92. The molecule has 1 amide bonds. The number of carboxylic acid groups (broad SMARTS) is 1. The Hall–Kier alpha value is -2.21. The van der Waals surface area contributed by atoms with Crippen molar-refractivity contribution >= 4 is 17.6 Å². The normalized spacial score (nSPS) is 21.4. The lowest BCUT2D eigenvalue weighted by atomic mass is 10.1. The van der Waals surface area contributed by atoms with Crippen LogP contribution in [0.5, 0.6) is 0 Å². The smallest absolute Gasteiger partial charge is 0.338 e. The van der Waals surface area contributed by atoms with Gasteiger partial charge < -0.3 is 16.2 Å². The summed E-state index contributed by atoms with van der Waals surface area (Å²) in [5.41, 5.74) is 5.42. The zero-order chi connectivity index (χ0) is 14.0. The molecule has 0 fully saturated rings. The summed E-state index contributed by atoms with van der Waals surface area (Å²) >= 11 is 0. The zero-order valence-corrected chi connectivity index (χ0v) is 9.97. The van der Waals surface area contributed by atoms with E-state index in [0.29, 0.717) is 6.42 Å². The van der Waals surface area contributed by atoms with Gasteiger partial charge in [-0.05, 0) is 24.6 Å². The predicted octanol–water partition coefficient (Wildman–Crippen LogP) is 1.37. The first kappa shape index (κ1) is 13.2. The Morgan fingerprint density at radius 2 is 2.11 bits per heavy atom. The molecule has 0 saturated heterocycles. The van der Waals surface area contributed by atoms with Gasteiger partial charge in [-0.3, -0.25) is 4.79 Å². The van der Waals surface area contributed by atoms with Gasteiger partial charge in [-0.1, -0.05) is 12.2 Å². The van der Waals surface area contributed by atoms with Crippen molar-refractivity contribution in [2.45, 2.75) is 12.5 Å². The number of amides is 1. The Balaban J connectivity index is 2.11. The lowest BCUT2D eigenvalue weighted by Crippen LogP contribution is -2.24. The van der Waals surface area contributed by atoms with Crippen molar-refractivity contribution in [3.63, 3.8) is 0 Å². The SMILES string of the molecule is NC1C=CC(C(=O)Nc2ccc(F)c(C(=O)O)c2)C1. The fraction of sp³-hybridized carbons (Fsp3) is 0.231. The van der Waals surface area contributed by atoms with Crippen molar-refractivity contribution in [2.24, 2.45) is 11.7 Å². The monoisotopic (exact) mass is 264 g/mol. The van der Waals surface area contributed by atoms with Gasteiger partial charge in [-0.15, -0.1) is 0 Å². The minimum absolute atomic E-state index is 0.140. The second kappa shape index (κ2) is 5.19. The number of carbonyl (C=O) groups excluding carboxylic acids is 1. The van der Waals surface area contributed by atoms with E-state index in [1.54, 1.807) is 12.2 Å². The number of hydrogen-bond donors (Lipinski definition) is 3. The maximum atomic E-state index is 13.2. The van der Waals surface area contributed by atoms with E-state index in [-0.39, 0.29) is 23.6 Å². The van der Waals surface area contributed by atoms with Crippen LogP contribution in [0.15, 0.2) is 30.4 Å². The van der Waals surface area contributed by atoms with Crippen molar-refractivity contribution in [2.75, 3.05) is 5.32 Å². The molecule has 6 heteroatoms. The Bertz CT molecular complexity index is 557. The molecule has 0 saturated carbocycles. The van der Waals surface area contributed by atoms with Crippen molar-refractivity contribution in [1.82, 2.24) is 0 Å². The molecular formula is C13H13FN2O3. The highest BCUT2D eigenvalue weighted by Crippen LogP contribution is 2.20. The molecule has 1 aliphatic carbocycles. The van der Waals surface area contributed by atoms with Gasteiger partial charge in [0.25, 0.3) is 0 Å². The molecule has 5 nitrogen and oxygen atoms in total. The van der Waals surface area contributed by atoms with Crippen LogP contribution in [0.2, 0.25) is 0 Å². The number of benzene rings is 1. The van der Waals surface area contributed by atoms with Crippen LogP contribution in [0.4, 0.5) is 10.1 Å². The second-order valence-electron chi connectivity index (χ2n) is 4.38. The topological polar surface area (TPSA) is 92.4 Å². The summed E-state index contributed by atoms with van der Waals surface area (Å²) in [6.07, 6.45) is 3.97. The third kappa shape index (κ3) is 2.97. The zero-order valence-electron chi connectivity index (χ0n) is 9.97. The Kier molecular flexibility index (Phi) is 3.62. The lowest BCUT2D eigenvalue weighted by molar-refractivity contribution is -0.118. The summed E-state index contributed by atoms with van der Waals surface area (Å²) < 4.78 is 13.2. The number of carboxylic acids is 1. The number of hydrogen-bond acceptors (Lipinski definition) is 3. The molecule has 1 aromatic carbocycles. The molecule has 0 aromatic heterocycles. The summed E-state index contributed by atoms with van der Waals surface area (Å²) in [4.78, 5) is 22.6. The van der Waals surface area contributed by atoms with Crippen LogP contribution in [0.25, 0.3) is 0 Å². The Labute approximate surface area is 108 Å². The van der Waals surface area contributed by atoms with Gasteiger partial charge in [-0.2, -0.15) is 0 Å². The van der Waals surface area contributed by atoms with E-state index >= 15 is 0 Å². The number of aromatic carboxylic acids is 1. The summed E-state index contributed by atoms with van der Waals surface area (Å²) in [5.74, 6) is -2.84. The van der Waals surface area contributed by atoms with E-state index in [1.807, 2.05) is 0 Å². The van der Waals surface area contributed by atoms with Crippen molar-refractivity contribution in [1.29, 1.82) is 0 Å². The van der Waals surface area contributed by atoms with Crippen molar-refractivity contribution in [3.8, 4) is 0 Å². The number of nitrogens with two attached hydrogens (primary N) is 1. The van der Waals surface area contributed by atoms with Gasteiger partial charge in [0.15, 0.2) is 0 Å². The maximum Gasteiger partial charge on any atom is 0.338 e. The minimum atomic E-state index is -1.38. The number of carbonyl (C=O) groups is 2. The summed E-state index contributed by atoms with van der Waals surface area (Å²) in [6.45, 7) is 0. The van der Waals surface area contributed by atoms with Gasteiger partial charge in [0.05, 0.1) is 11.5 Å². The van der Waals surface area contributed by atoms with E-state index in [4.69, 9.17) is 10.8 Å². The molecule has 19 heavy (non-hydrogen) atoms. The van der Waals surface area contributed by atoms with Gasteiger partial charge in [0.1, 0.15) is 5.82 Å². The third-order valence-electron chi connectivity index (χ3n) is 2.92. The molecule has 0 radical (unpaired) electrons. The van der Waals surface area contributed by atoms with Crippen LogP contribution < -0.4 is 11.1 Å².